The standard InChI is InChI=1S/C18H20/c1-3-9-15(10-4-1)18(17-13-7-8-14-17)16-11-5-2-6-12-16/h1-6,9-12,17-18H,7-8,13-14H2. The van der Waals surface area contributed by atoms with Crippen LogP contribution < -0.4 is 0 Å². The van der Waals surface area contributed by atoms with E-state index < -0.39 is 0 Å². The number of benzene rings is 2. The van der Waals surface area contributed by atoms with Gasteiger partial charge in [-0.15, -0.1) is 0 Å². The lowest BCUT2D eigenvalue weighted by molar-refractivity contribution is 0.483. The fourth-order valence-electron chi connectivity index (χ4n) is 3.35. The molecule has 1 aliphatic carbocycles. The van der Waals surface area contributed by atoms with Crippen molar-refractivity contribution in [2.45, 2.75) is 31.6 Å². The van der Waals surface area contributed by atoms with Gasteiger partial charge in [-0.2, -0.15) is 0 Å². The minimum Gasteiger partial charge on any atom is -0.0622 e. The van der Waals surface area contributed by atoms with E-state index in [1.54, 1.807) is 0 Å². The summed E-state index contributed by atoms with van der Waals surface area (Å²) in [5.74, 6) is 1.42. The molecule has 92 valence electrons. The average Bonchev–Trinajstić information content (AvgIpc) is 2.95. The van der Waals surface area contributed by atoms with E-state index in [-0.39, 0.29) is 0 Å². The molecule has 3 rings (SSSR count). The Morgan fingerprint density at radius 2 is 1.11 bits per heavy atom. The van der Waals surface area contributed by atoms with E-state index in [1.807, 2.05) is 0 Å². The third kappa shape index (κ3) is 2.33. The molecule has 0 heteroatoms. The molecule has 1 saturated carbocycles. The van der Waals surface area contributed by atoms with Crippen molar-refractivity contribution < 1.29 is 0 Å². The fraction of sp³-hybridized carbons (Fsp3) is 0.333. The Balaban J connectivity index is 1.98. The van der Waals surface area contributed by atoms with Gasteiger partial charge in [0.1, 0.15) is 0 Å². The van der Waals surface area contributed by atoms with Crippen LogP contribution in [0.5, 0.6) is 0 Å². The van der Waals surface area contributed by atoms with Crippen LogP contribution in [0.1, 0.15) is 42.7 Å². The van der Waals surface area contributed by atoms with Gasteiger partial charge in [0.25, 0.3) is 0 Å². The highest BCUT2D eigenvalue weighted by atomic mass is 14.3. The molecular weight excluding hydrogens is 216 g/mol. The first-order valence-electron chi connectivity index (χ1n) is 7.05. The van der Waals surface area contributed by atoms with Crippen molar-refractivity contribution in [2.24, 2.45) is 5.92 Å². The molecule has 1 aliphatic rings. The molecule has 0 unspecified atom stereocenters. The summed E-state index contributed by atoms with van der Waals surface area (Å²) in [6, 6.07) is 22.0. The van der Waals surface area contributed by atoms with Crippen molar-refractivity contribution >= 4 is 0 Å². The van der Waals surface area contributed by atoms with Gasteiger partial charge >= 0.3 is 0 Å². The van der Waals surface area contributed by atoms with Crippen LogP contribution in [0.15, 0.2) is 60.7 Å². The molecule has 0 amide bonds. The van der Waals surface area contributed by atoms with Gasteiger partial charge in [0.15, 0.2) is 0 Å². The second kappa shape index (κ2) is 5.39. The highest BCUT2D eigenvalue weighted by Gasteiger charge is 2.27. The molecule has 0 atom stereocenters. The molecule has 18 heavy (non-hydrogen) atoms. The maximum atomic E-state index is 2.29. The Kier molecular flexibility index (Phi) is 3.45. The van der Waals surface area contributed by atoms with Gasteiger partial charge in [0.05, 0.1) is 0 Å². The van der Waals surface area contributed by atoms with Crippen molar-refractivity contribution in [3.8, 4) is 0 Å². The minimum atomic E-state index is 0.592. The maximum Gasteiger partial charge on any atom is 0.0118 e. The minimum absolute atomic E-state index is 0.592. The molecule has 0 nitrogen and oxygen atoms in total. The summed E-state index contributed by atoms with van der Waals surface area (Å²) in [4.78, 5) is 0. The van der Waals surface area contributed by atoms with Gasteiger partial charge in [-0.05, 0) is 29.9 Å². The quantitative estimate of drug-likeness (QED) is 0.702. The summed E-state index contributed by atoms with van der Waals surface area (Å²) in [5, 5.41) is 0. The number of hydrogen-bond donors (Lipinski definition) is 0. The highest BCUT2D eigenvalue weighted by molar-refractivity contribution is 5.33. The monoisotopic (exact) mass is 236 g/mol. The summed E-state index contributed by atoms with van der Waals surface area (Å²) in [6.45, 7) is 0. The van der Waals surface area contributed by atoms with E-state index in [9.17, 15) is 0 Å². The van der Waals surface area contributed by atoms with Crippen molar-refractivity contribution in [1.29, 1.82) is 0 Å². The largest absolute Gasteiger partial charge is 0.0622 e. The van der Waals surface area contributed by atoms with E-state index in [4.69, 9.17) is 0 Å². The Hall–Kier alpha value is -1.56. The summed E-state index contributed by atoms with van der Waals surface area (Å²) in [7, 11) is 0. The molecule has 0 bridgehead atoms. The Bertz CT molecular complexity index is 426. The molecule has 2 aromatic carbocycles. The molecule has 0 aliphatic heterocycles. The summed E-state index contributed by atoms with van der Waals surface area (Å²) >= 11 is 0. The van der Waals surface area contributed by atoms with Crippen molar-refractivity contribution in [3.05, 3.63) is 71.8 Å². The lowest BCUT2D eigenvalue weighted by Crippen LogP contribution is -2.11. The van der Waals surface area contributed by atoms with Gasteiger partial charge in [-0.25, -0.2) is 0 Å². The Morgan fingerprint density at radius 3 is 1.56 bits per heavy atom. The second-order valence-corrected chi connectivity index (χ2v) is 5.34. The molecular formula is C18H20. The van der Waals surface area contributed by atoms with E-state index in [0.29, 0.717) is 5.92 Å². The zero-order valence-corrected chi connectivity index (χ0v) is 10.8. The number of rotatable bonds is 3. The smallest absolute Gasteiger partial charge is 0.0118 e. The van der Waals surface area contributed by atoms with E-state index in [2.05, 4.69) is 60.7 Å². The first kappa shape index (κ1) is 11.5. The topological polar surface area (TPSA) is 0 Å². The lowest BCUT2D eigenvalue weighted by Gasteiger charge is -2.24. The predicted octanol–water partition coefficient (Wildman–Crippen LogP) is 5.01. The summed E-state index contributed by atoms with van der Waals surface area (Å²) in [5.41, 5.74) is 2.96. The average molecular weight is 236 g/mol. The van der Waals surface area contributed by atoms with Crippen molar-refractivity contribution in [1.82, 2.24) is 0 Å². The molecule has 0 N–H and O–H groups in total. The van der Waals surface area contributed by atoms with Gasteiger partial charge in [0, 0.05) is 5.92 Å². The van der Waals surface area contributed by atoms with Crippen LogP contribution in [-0.4, -0.2) is 0 Å². The van der Waals surface area contributed by atoms with Crippen LogP contribution in [0, 0.1) is 5.92 Å². The normalized spacial score (nSPS) is 16.3. The van der Waals surface area contributed by atoms with E-state index >= 15 is 0 Å². The van der Waals surface area contributed by atoms with Crippen LogP contribution in [0.4, 0.5) is 0 Å². The number of hydrogen-bond acceptors (Lipinski definition) is 0. The Labute approximate surface area is 110 Å². The highest BCUT2D eigenvalue weighted by Crippen LogP contribution is 2.41. The van der Waals surface area contributed by atoms with Gasteiger partial charge in [-0.3, -0.25) is 0 Å². The summed E-state index contributed by atoms with van der Waals surface area (Å²) in [6.07, 6.45) is 5.57. The molecule has 0 spiro atoms. The SMILES string of the molecule is c1ccc(C(c2ccccc2)C2CCCC2)cc1. The molecule has 2 aromatic rings. The summed E-state index contributed by atoms with van der Waals surface area (Å²) < 4.78 is 0. The van der Waals surface area contributed by atoms with Gasteiger partial charge < -0.3 is 0 Å². The van der Waals surface area contributed by atoms with E-state index in [0.717, 1.165) is 5.92 Å². The maximum absolute atomic E-state index is 2.29. The molecule has 1 fully saturated rings. The third-order valence-electron chi connectivity index (χ3n) is 4.19. The second-order valence-electron chi connectivity index (χ2n) is 5.34. The van der Waals surface area contributed by atoms with Crippen LogP contribution in [0.3, 0.4) is 0 Å². The molecule has 0 aromatic heterocycles. The van der Waals surface area contributed by atoms with E-state index in [1.165, 1.54) is 36.8 Å². The zero-order chi connectivity index (χ0) is 12.2. The predicted molar refractivity (Wildman–Crippen MR) is 76.7 cm³/mol. The fourth-order valence-corrected chi connectivity index (χ4v) is 3.35. The first-order chi connectivity index (χ1) is 8.95. The molecule has 0 heterocycles. The molecule has 0 radical (unpaired) electrons. The van der Waals surface area contributed by atoms with Crippen LogP contribution in [-0.2, 0) is 0 Å². The first-order valence-corrected chi connectivity index (χ1v) is 7.05. The Morgan fingerprint density at radius 1 is 0.667 bits per heavy atom. The van der Waals surface area contributed by atoms with Gasteiger partial charge in [-0.1, -0.05) is 73.5 Å². The van der Waals surface area contributed by atoms with Crippen LogP contribution >= 0.6 is 0 Å². The zero-order valence-electron chi connectivity index (χ0n) is 10.8. The third-order valence-corrected chi connectivity index (χ3v) is 4.19. The van der Waals surface area contributed by atoms with Crippen molar-refractivity contribution in [3.63, 3.8) is 0 Å². The van der Waals surface area contributed by atoms with Crippen molar-refractivity contribution in [2.75, 3.05) is 0 Å². The van der Waals surface area contributed by atoms with Crippen LogP contribution in [0.25, 0.3) is 0 Å². The van der Waals surface area contributed by atoms with Crippen LogP contribution in [0.2, 0.25) is 0 Å². The van der Waals surface area contributed by atoms with Gasteiger partial charge in [0.2, 0.25) is 0 Å². The molecule has 0 saturated heterocycles. The lowest BCUT2D eigenvalue weighted by atomic mass is 9.80.